The van der Waals surface area contributed by atoms with Crippen molar-refractivity contribution in [2.24, 2.45) is 0 Å². The second-order valence-corrected chi connectivity index (χ2v) is 9.87. The Morgan fingerprint density at radius 1 is 1.18 bits per heavy atom. The molecule has 1 aliphatic rings. The third-order valence-corrected chi connectivity index (χ3v) is 7.48. The molecule has 2 aromatic carbocycles. The average Bonchev–Trinajstić information content (AvgIpc) is 3.28. The van der Waals surface area contributed by atoms with Crippen molar-refractivity contribution >= 4 is 11.6 Å². The van der Waals surface area contributed by atoms with E-state index >= 15 is 0 Å². The van der Waals surface area contributed by atoms with Crippen LogP contribution in [0.3, 0.4) is 0 Å². The van der Waals surface area contributed by atoms with Gasteiger partial charge in [-0.1, -0.05) is 44.2 Å². The summed E-state index contributed by atoms with van der Waals surface area (Å²) in [5.74, 6) is 1.34. The van der Waals surface area contributed by atoms with Crippen LogP contribution in [0, 0.1) is 5.82 Å². The van der Waals surface area contributed by atoms with Crippen LogP contribution in [-0.2, 0) is 11.0 Å². The van der Waals surface area contributed by atoms with Gasteiger partial charge in [-0.05, 0) is 56.9 Å². The number of ketones is 1. The van der Waals surface area contributed by atoms with Gasteiger partial charge < -0.3 is 10.1 Å². The van der Waals surface area contributed by atoms with E-state index in [9.17, 15) is 9.18 Å². The second-order valence-electron chi connectivity index (χ2n) is 9.87. The molecule has 6 heteroatoms. The molecule has 4 rings (SSSR count). The highest BCUT2D eigenvalue weighted by Gasteiger charge is 2.39. The normalized spacial score (nSPS) is 17.1. The molecule has 0 radical (unpaired) electrons. The number of para-hydroxylation sites is 1. The van der Waals surface area contributed by atoms with E-state index in [0.29, 0.717) is 12.0 Å². The maximum atomic E-state index is 13.7. The molecule has 180 valence electrons. The summed E-state index contributed by atoms with van der Waals surface area (Å²) in [6.45, 7) is 8.46. The monoisotopic (exact) mass is 463 g/mol. The number of anilines is 1. The summed E-state index contributed by atoms with van der Waals surface area (Å²) in [5.41, 5.74) is 2.02. The van der Waals surface area contributed by atoms with E-state index in [2.05, 4.69) is 44.2 Å². The number of hydrogen-bond donors (Lipinski definition) is 1. The second kappa shape index (κ2) is 9.24. The van der Waals surface area contributed by atoms with Crippen LogP contribution in [0.2, 0.25) is 0 Å². The van der Waals surface area contributed by atoms with Gasteiger partial charge in [0.25, 0.3) is 0 Å². The number of rotatable bonds is 8. The number of methoxy groups -OCH3 is 1. The minimum Gasteiger partial charge on any atom is -0.496 e. The van der Waals surface area contributed by atoms with Gasteiger partial charge >= 0.3 is 0 Å². The first kappa shape index (κ1) is 24.0. The van der Waals surface area contributed by atoms with E-state index in [1.165, 1.54) is 12.1 Å². The van der Waals surface area contributed by atoms with Crippen LogP contribution in [0.5, 0.6) is 5.75 Å². The number of nitrogens with zero attached hydrogens (tertiary/aromatic N) is 2. The quantitative estimate of drug-likeness (QED) is 0.380. The molecule has 0 amide bonds. The predicted octanol–water partition coefficient (Wildman–Crippen LogP) is 6.65. The smallest absolute Gasteiger partial charge is 0.169 e. The lowest BCUT2D eigenvalue weighted by Gasteiger charge is -2.39. The number of halogens is 1. The molecule has 1 aliphatic heterocycles. The van der Waals surface area contributed by atoms with E-state index in [0.717, 1.165) is 42.0 Å². The maximum Gasteiger partial charge on any atom is 0.169 e. The predicted molar refractivity (Wildman–Crippen MR) is 133 cm³/mol. The molecule has 2 heterocycles. The molecule has 1 unspecified atom stereocenters. The van der Waals surface area contributed by atoms with Gasteiger partial charge in [0.1, 0.15) is 17.4 Å². The van der Waals surface area contributed by atoms with Crippen molar-refractivity contribution in [3.8, 4) is 5.75 Å². The standard InChI is InChI=1S/C28H34FN3O2/c1-6-28(7-2,19-12-14-20(29)15-13-19)17-24(33)22-18-30-32-26(22)31-23(16-27(32,3)4)21-10-8-9-11-25(21)34-5/h8-15,18,23,31H,6-7,16-17H2,1-5H3. The Balaban J connectivity index is 1.69. The number of hydrogen-bond acceptors (Lipinski definition) is 4. The Kier molecular flexibility index (Phi) is 6.52. The van der Waals surface area contributed by atoms with Crippen molar-refractivity contribution < 1.29 is 13.9 Å². The van der Waals surface area contributed by atoms with Gasteiger partial charge in [0.2, 0.25) is 0 Å². The highest BCUT2D eigenvalue weighted by molar-refractivity contribution is 6.01. The van der Waals surface area contributed by atoms with Crippen LogP contribution >= 0.6 is 0 Å². The zero-order valence-electron chi connectivity index (χ0n) is 20.7. The van der Waals surface area contributed by atoms with Gasteiger partial charge in [-0.2, -0.15) is 5.10 Å². The number of ether oxygens (including phenoxy) is 1. The van der Waals surface area contributed by atoms with Crippen molar-refractivity contribution in [1.29, 1.82) is 0 Å². The number of nitrogens with one attached hydrogen (secondary N) is 1. The topological polar surface area (TPSA) is 56.2 Å². The van der Waals surface area contributed by atoms with E-state index in [4.69, 9.17) is 4.74 Å². The Morgan fingerprint density at radius 3 is 2.50 bits per heavy atom. The summed E-state index contributed by atoms with van der Waals surface area (Å²) in [6.07, 6.45) is 4.41. The van der Waals surface area contributed by atoms with Crippen LogP contribution < -0.4 is 10.1 Å². The van der Waals surface area contributed by atoms with Crippen LogP contribution in [0.1, 0.15) is 80.9 Å². The van der Waals surface area contributed by atoms with Crippen LogP contribution in [0.4, 0.5) is 10.2 Å². The molecule has 34 heavy (non-hydrogen) atoms. The molecular weight excluding hydrogens is 429 g/mol. The molecular formula is C28H34FN3O2. The largest absolute Gasteiger partial charge is 0.496 e. The summed E-state index contributed by atoms with van der Waals surface area (Å²) < 4.78 is 21.1. The molecule has 0 saturated heterocycles. The number of benzene rings is 2. The molecule has 5 nitrogen and oxygen atoms in total. The molecule has 1 atom stereocenters. The van der Waals surface area contributed by atoms with Crippen LogP contribution in [0.25, 0.3) is 0 Å². The zero-order chi connectivity index (χ0) is 24.5. The van der Waals surface area contributed by atoms with Crippen LogP contribution in [0.15, 0.2) is 54.7 Å². The minimum absolute atomic E-state index is 0.0129. The average molecular weight is 464 g/mol. The Bertz CT molecular complexity index is 1160. The van der Waals surface area contributed by atoms with E-state index in [1.54, 1.807) is 13.3 Å². The van der Waals surface area contributed by atoms with Crippen molar-refractivity contribution in [1.82, 2.24) is 9.78 Å². The molecule has 0 spiro atoms. The molecule has 0 aliphatic carbocycles. The van der Waals surface area contributed by atoms with Gasteiger partial charge in [0.05, 0.1) is 30.5 Å². The lowest BCUT2D eigenvalue weighted by atomic mass is 9.71. The third kappa shape index (κ3) is 4.22. The summed E-state index contributed by atoms with van der Waals surface area (Å²) >= 11 is 0. The van der Waals surface area contributed by atoms with E-state index < -0.39 is 0 Å². The third-order valence-electron chi connectivity index (χ3n) is 7.48. The minimum atomic E-state index is -0.355. The molecule has 0 fully saturated rings. The van der Waals surface area contributed by atoms with Gasteiger partial charge in [-0.15, -0.1) is 0 Å². The number of carbonyl (C=O) groups excluding carboxylic acids is 1. The maximum absolute atomic E-state index is 13.7. The van der Waals surface area contributed by atoms with Gasteiger partial charge in [0, 0.05) is 17.4 Å². The molecule has 3 aromatic rings. The fourth-order valence-corrected chi connectivity index (χ4v) is 5.31. The Morgan fingerprint density at radius 2 is 1.85 bits per heavy atom. The SMILES string of the molecule is CCC(CC)(CC(=O)c1cnn2c1NC(c1ccccc1OC)CC2(C)C)c1ccc(F)cc1. The summed E-state index contributed by atoms with van der Waals surface area (Å²) in [4.78, 5) is 13.7. The summed E-state index contributed by atoms with van der Waals surface area (Å²) in [6, 6.07) is 14.5. The number of aromatic nitrogens is 2. The van der Waals surface area contributed by atoms with Gasteiger partial charge in [0.15, 0.2) is 5.78 Å². The fraction of sp³-hybridized carbons (Fsp3) is 0.429. The van der Waals surface area contributed by atoms with E-state index in [1.807, 2.05) is 35.0 Å². The highest BCUT2D eigenvalue weighted by atomic mass is 19.1. The summed E-state index contributed by atoms with van der Waals surface area (Å²) in [5, 5.41) is 8.21. The first-order chi connectivity index (χ1) is 16.2. The number of fused-ring (bicyclic) bond motifs is 1. The zero-order valence-corrected chi connectivity index (χ0v) is 20.7. The first-order valence-corrected chi connectivity index (χ1v) is 12.0. The number of carbonyl (C=O) groups is 1. The van der Waals surface area contributed by atoms with Crippen molar-refractivity contribution in [2.45, 2.75) is 70.4 Å². The molecule has 0 bridgehead atoms. The Hall–Kier alpha value is -3.15. The Labute approximate surface area is 201 Å². The lowest BCUT2D eigenvalue weighted by Crippen LogP contribution is -2.38. The van der Waals surface area contributed by atoms with Crippen molar-refractivity contribution in [3.05, 3.63) is 77.2 Å². The van der Waals surface area contributed by atoms with Gasteiger partial charge in [-0.3, -0.25) is 4.79 Å². The fourth-order valence-electron chi connectivity index (χ4n) is 5.31. The van der Waals surface area contributed by atoms with Gasteiger partial charge in [-0.25, -0.2) is 9.07 Å². The van der Waals surface area contributed by atoms with Crippen molar-refractivity contribution in [3.63, 3.8) is 0 Å². The number of Topliss-reactive ketones (excluding diaryl/α,β-unsaturated/α-hetero) is 1. The van der Waals surface area contributed by atoms with E-state index in [-0.39, 0.29) is 28.6 Å². The van der Waals surface area contributed by atoms with Crippen LogP contribution in [-0.4, -0.2) is 22.7 Å². The summed E-state index contributed by atoms with van der Waals surface area (Å²) in [7, 11) is 1.68. The first-order valence-electron chi connectivity index (χ1n) is 12.0. The van der Waals surface area contributed by atoms with Crippen molar-refractivity contribution in [2.75, 3.05) is 12.4 Å². The molecule has 1 N–H and O–H groups in total. The molecule has 1 aromatic heterocycles. The highest BCUT2D eigenvalue weighted by Crippen LogP contribution is 2.43. The molecule has 0 saturated carbocycles. The lowest BCUT2D eigenvalue weighted by molar-refractivity contribution is 0.0944.